The van der Waals surface area contributed by atoms with Crippen LogP contribution in [0.15, 0.2) is 18.5 Å². The van der Waals surface area contributed by atoms with Crippen LogP contribution in [-0.4, -0.2) is 82.7 Å². The number of carboxylic acids is 2. The first-order valence-corrected chi connectivity index (χ1v) is 16.9. The van der Waals surface area contributed by atoms with Gasteiger partial charge in [0.2, 0.25) is 11.8 Å². The number of ether oxygens (including phenoxy) is 1. The largest absolute Gasteiger partial charge is 0.481 e. The minimum absolute atomic E-state index is 0.0238. The van der Waals surface area contributed by atoms with Gasteiger partial charge in [-0.15, -0.1) is 0 Å². The molecule has 1 unspecified atom stereocenters. The van der Waals surface area contributed by atoms with Crippen LogP contribution in [0.4, 0.5) is 4.79 Å². The number of rotatable bonds is 25. The number of halogens is 1. The third-order valence-electron chi connectivity index (χ3n) is 6.90. The summed E-state index contributed by atoms with van der Waals surface area (Å²) < 4.78 is 5.92. The number of amides is 4. The lowest BCUT2D eigenvalue weighted by Crippen LogP contribution is -2.40. The zero-order chi connectivity index (χ0) is 34.2. The van der Waals surface area contributed by atoms with Gasteiger partial charge in [-0.05, 0) is 93.4 Å². The molecule has 1 heterocycles. The van der Waals surface area contributed by atoms with Crippen molar-refractivity contribution in [2.75, 3.05) is 19.7 Å². The highest BCUT2D eigenvalue weighted by Gasteiger charge is 2.19. The van der Waals surface area contributed by atoms with Gasteiger partial charge in [0.15, 0.2) is 0 Å². The van der Waals surface area contributed by atoms with Crippen molar-refractivity contribution < 1.29 is 43.7 Å². The Labute approximate surface area is 283 Å². The normalized spacial score (nSPS) is 12.0. The first-order chi connectivity index (χ1) is 22.0. The molecule has 258 valence electrons. The number of alkyl carbamates (subject to hydrolysis) is 1. The summed E-state index contributed by atoms with van der Waals surface area (Å²) >= 11 is 2.08. The summed E-state index contributed by atoms with van der Waals surface area (Å²) in [6.45, 7) is 2.88. The van der Waals surface area contributed by atoms with Crippen molar-refractivity contribution in [2.24, 2.45) is 0 Å². The van der Waals surface area contributed by atoms with Gasteiger partial charge in [0.05, 0.1) is 12.2 Å². The zero-order valence-corrected chi connectivity index (χ0v) is 28.6. The number of aromatic nitrogens is 1. The molecule has 1 aromatic rings. The first kappa shape index (κ1) is 40.5. The van der Waals surface area contributed by atoms with Crippen molar-refractivity contribution in [2.45, 2.75) is 109 Å². The molecule has 2 atom stereocenters. The van der Waals surface area contributed by atoms with Crippen LogP contribution in [0.25, 0.3) is 0 Å². The third-order valence-corrected chi connectivity index (χ3v) is 7.49. The van der Waals surface area contributed by atoms with Gasteiger partial charge in [-0.1, -0.05) is 12.8 Å². The monoisotopic (exact) mass is 765 g/mol. The van der Waals surface area contributed by atoms with Gasteiger partial charge in [0.25, 0.3) is 5.91 Å². The molecule has 1 aromatic heterocycles. The van der Waals surface area contributed by atoms with E-state index < -0.39 is 24.1 Å². The molecule has 0 spiro atoms. The van der Waals surface area contributed by atoms with Gasteiger partial charge >= 0.3 is 18.0 Å². The van der Waals surface area contributed by atoms with E-state index in [0.717, 1.165) is 29.3 Å². The second-order valence-electron chi connectivity index (χ2n) is 11.0. The van der Waals surface area contributed by atoms with Gasteiger partial charge in [-0.25, -0.2) is 9.59 Å². The Kier molecular flexibility index (Phi) is 21.8. The fraction of sp³-hybridized carbons (Fsp3) is 0.645. The Hall–Kier alpha value is -3.50. The third kappa shape index (κ3) is 21.3. The van der Waals surface area contributed by atoms with E-state index >= 15 is 0 Å². The molecule has 0 radical (unpaired) electrons. The number of hydrogen-bond acceptors (Lipinski definition) is 8. The van der Waals surface area contributed by atoms with E-state index in [0.29, 0.717) is 63.6 Å². The first-order valence-electron chi connectivity index (χ1n) is 15.8. The number of hydrogen-bond donors (Lipinski definition) is 6. The molecule has 0 aliphatic rings. The second kappa shape index (κ2) is 24.7. The van der Waals surface area contributed by atoms with E-state index in [1.807, 2.05) is 0 Å². The van der Waals surface area contributed by atoms with Crippen LogP contribution < -0.4 is 21.3 Å². The number of nitrogens with one attached hydrogen (secondary N) is 4. The lowest BCUT2D eigenvalue weighted by atomic mass is 10.1. The van der Waals surface area contributed by atoms with Crippen LogP contribution in [0.5, 0.6) is 0 Å². The highest BCUT2D eigenvalue weighted by Crippen LogP contribution is 2.08. The van der Waals surface area contributed by atoms with E-state index in [1.54, 1.807) is 19.2 Å². The molecule has 0 aliphatic heterocycles. The molecular formula is C31H48IN5O9. The molecule has 0 fully saturated rings. The molecule has 1 rings (SSSR count). The summed E-state index contributed by atoms with van der Waals surface area (Å²) in [6, 6.07) is 0.461. The minimum Gasteiger partial charge on any atom is -0.481 e. The van der Waals surface area contributed by atoms with Gasteiger partial charge in [0.1, 0.15) is 6.04 Å². The second-order valence-corrected chi connectivity index (χ2v) is 12.3. The van der Waals surface area contributed by atoms with Crippen LogP contribution in [-0.2, 0) is 23.9 Å². The molecule has 0 saturated heterocycles. The maximum absolute atomic E-state index is 12.2. The predicted molar refractivity (Wildman–Crippen MR) is 178 cm³/mol. The zero-order valence-electron chi connectivity index (χ0n) is 26.5. The van der Waals surface area contributed by atoms with Crippen LogP contribution in [0.3, 0.4) is 0 Å². The quantitative estimate of drug-likeness (QED) is 0.0627. The number of nitrogens with zero attached hydrogens (tertiary/aromatic N) is 1. The van der Waals surface area contributed by atoms with E-state index in [2.05, 4.69) is 48.8 Å². The van der Waals surface area contributed by atoms with Crippen LogP contribution in [0, 0.1) is 3.57 Å². The predicted octanol–water partition coefficient (Wildman–Crippen LogP) is 3.76. The molecule has 0 aliphatic carbocycles. The Bertz CT molecular complexity index is 1120. The summed E-state index contributed by atoms with van der Waals surface area (Å²) in [5, 5.41) is 28.9. The Morgan fingerprint density at radius 1 is 0.783 bits per heavy atom. The lowest BCUT2D eigenvalue weighted by Gasteiger charge is -2.14. The number of carbonyl (C=O) groups excluding carboxylic acids is 4. The lowest BCUT2D eigenvalue weighted by molar-refractivity contribution is -0.142. The maximum atomic E-state index is 12.2. The number of carboxylic acid groups (broad SMARTS) is 2. The topological polar surface area (TPSA) is 213 Å². The standard InChI is InChI=1S/C31H48IN5O9/c1-22(14-15-28(40)41)36-31(45)46-18-10-4-8-16-34-26(38)12-5-2-3-6-13-27(39)37-25(30(43)44)11-7-9-17-35-29(42)23-19-24(32)21-33-20-23/h19-22,25H,2-18H2,1H3,(H,34,38)(H,35,42)(H,36,45)(H,37,39)(H,40,41)(H,43,44)/t22-,25?/m1/s1/i32+4. The summed E-state index contributed by atoms with van der Waals surface area (Å²) in [4.78, 5) is 74.2. The van der Waals surface area contributed by atoms with Gasteiger partial charge < -0.3 is 36.2 Å². The molecule has 46 heavy (non-hydrogen) atoms. The summed E-state index contributed by atoms with van der Waals surface area (Å²) in [5.41, 5.74) is 0.464. The van der Waals surface area contributed by atoms with E-state index in [9.17, 15) is 33.9 Å². The molecule has 4 amide bonds. The summed E-state index contributed by atoms with van der Waals surface area (Å²) in [7, 11) is 0. The molecule has 6 N–H and O–H groups in total. The van der Waals surface area contributed by atoms with Crippen molar-refractivity contribution in [1.29, 1.82) is 0 Å². The number of carbonyl (C=O) groups is 6. The fourth-order valence-corrected chi connectivity index (χ4v) is 4.80. The molecule has 0 bridgehead atoms. The van der Waals surface area contributed by atoms with Crippen molar-refractivity contribution in [1.82, 2.24) is 26.3 Å². The molecule has 14 nitrogen and oxygen atoms in total. The number of pyridine rings is 1. The number of aliphatic carboxylic acids is 2. The average Bonchev–Trinajstić information content (AvgIpc) is 3.00. The van der Waals surface area contributed by atoms with Crippen molar-refractivity contribution in [3.05, 3.63) is 27.6 Å². The van der Waals surface area contributed by atoms with Crippen LogP contribution >= 0.6 is 22.6 Å². The molecule has 0 saturated carbocycles. The highest BCUT2D eigenvalue weighted by molar-refractivity contribution is 14.1. The molecular weight excluding hydrogens is 717 g/mol. The van der Waals surface area contributed by atoms with E-state index in [1.165, 1.54) is 6.20 Å². The Morgan fingerprint density at radius 3 is 2.11 bits per heavy atom. The smallest absolute Gasteiger partial charge is 0.407 e. The fourth-order valence-electron chi connectivity index (χ4n) is 4.30. The van der Waals surface area contributed by atoms with Gasteiger partial charge in [-0.2, -0.15) is 0 Å². The van der Waals surface area contributed by atoms with Crippen molar-refractivity contribution in [3.8, 4) is 0 Å². The average molecular weight is 766 g/mol. The van der Waals surface area contributed by atoms with Gasteiger partial charge in [-0.3, -0.25) is 24.2 Å². The summed E-state index contributed by atoms with van der Waals surface area (Å²) in [5.74, 6) is -2.61. The summed E-state index contributed by atoms with van der Waals surface area (Å²) in [6.07, 6.45) is 9.83. The molecule has 15 heteroatoms. The van der Waals surface area contributed by atoms with Crippen molar-refractivity contribution in [3.63, 3.8) is 0 Å². The van der Waals surface area contributed by atoms with Crippen LogP contribution in [0.2, 0.25) is 0 Å². The van der Waals surface area contributed by atoms with Crippen LogP contribution in [0.1, 0.15) is 107 Å². The van der Waals surface area contributed by atoms with E-state index in [-0.39, 0.29) is 49.6 Å². The van der Waals surface area contributed by atoms with E-state index in [4.69, 9.17) is 9.84 Å². The number of unbranched alkanes of at least 4 members (excludes halogenated alkanes) is 6. The van der Waals surface area contributed by atoms with Gasteiger partial charge in [0, 0.05) is 54.4 Å². The molecule has 0 aromatic carbocycles. The maximum Gasteiger partial charge on any atom is 0.407 e. The Balaban J connectivity index is 2.02. The minimum atomic E-state index is -1.09. The highest BCUT2D eigenvalue weighted by atomic mass is 131. The Morgan fingerprint density at radius 2 is 1.43 bits per heavy atom. The van der Waals surface area contributed by atoms with Crippen molar-refractivity contribution >= 4 is 58.3 Å². The SMILES string of the molecule is C[C@H](CCC(=O)O)NC(=O)OCCCCCNC(=O)CCCCCCC(=O)NC(CCCCNC(=O)c1cncc([131I])c1)C(=O)O.